The van der Waals surface area contributed by atoms with Crippen molar-refractivity contribution in [1.82, 2.24) is 9.88 Å². The molecule has 1 saturated heterocycles. The van der Waals surface area contributed by atoms with Crippen LogP contribution in [0.15, 0.2) is 18.2 Å². The van der Waals surface area contributed by atoms with Crippen molar-refractivity contribution in [3.8, 4) is 0 Å². The molecule has 1 aromatic heterocycles. The molecule has 1 amide bonds. The first-order chi connectivity index (χ1) is 8.81. The monoisotopic (exact) mass is 247 g/mol. The largest absolute Gasteiger partial charge is 0.370 e. The highest BCUT2D eigenvalue weighted by atomic mass is 16.2. The van der Waals surface area contributed by atoms with Gasteiger partial charge in [0.1, 0.15) is 11.5 Å². The highest BCUT2D eigenvalue weighted by molar-refractivity contribution is 5.92. The third-order valence-electron chi connectivity index (χ3n) is 3.17. The van der Waals surface area contributed by atoms with Crippen molar-refractivity contribution in [2.75, 3.05) is 25.0 Å². The van der Waals surface area contributed by atoms with E-state index in [0.717, 1.165) is 44.7 Å². The number of aromatic nitrogens is 1. The summed E-state index contributed by atoms with van der Waals surface area (Å²) in [6.07, 6.45) is 4.50. The minimum Gasteiger partial charge on any atom is -0.370 e. The van der Waals surface area contributed by atoms with E-state index >= 15 is 0 Å². The van der Waals surface area contributed by atoms with Crippen LogP contribution in [0.2, 0.25) is 0 Å². The summed E-state index contributed by atoms with van der Waals surface area (Å²) in [6.45, 7) is 4.73. The van der Waals surface area contributed by atoms with E-state index in [-0.39, 0.29) is 5.91 Å². The van der Waals surface area contributed by atoms with Gasteiger partial charge in [0.15, 0.2) is 0 Å². The van der Waals surface area contributed by atoms with E-state index in [1.54, 1.807) is 6.07 Å². The van der Waals surface area contributed by atoms with Gasteiger partial charge >= 0.3 is 0 Å². The molecular weight excluding hydrogens is 226 g/mol. The standard InChI is InChI=1S/C14H21N3O/c1-2-9-15-13-8-6-7-12(16-13)14(18)17-10-4-3-5-11-17/h6-8H,2-5,9-11H2,1H3,(H,15,16). The number of hydrogen-bond acceptors (Lipinski definition) is 3. The Kier molecular flexibility index (Phi) is 4.56. The van der Waals surface area contributed by atoms with Crippen molar-refractivity contribution in [2.45, 2.75) is 32.6 Å². The average Bonchev–Trinajstić information content (AvgIpc) is 2.45. The average molecular weight is 247 g/mol. The summed E-state index contributed by atoms with van der Waals surface area (Å²) in [5, 5.41) is 3.21. The first kappa shape index (κ1) is 12.9. The normalized spacial score (nSPS) is 15.5. The van der Waals surface area contributed by atoms with Crippen molar-refractivity contribution < 1.29 is 4.79 Å². The van der Waals surface area contributed by atoms with E-state index < -0.39 is 0 Å². The summed E-state index contributed by atoms with van der Waals surface area (Å²) in [5.41, 5.74) is 0.554. The van der Waals surface area contributed by atoms with Crippen LogP contribution in [0.1, 0.15) is 43.1 Å². The molecular formula is C14H21N3O. The Balaban J connectivity index is 2.04. The van der Waals surface area contributed by atoms with Gasteiger partial charge in [-0.3, -0.25) is 4.79 Å². The predicted molar refractivity (Wildman–Crippen MR) is 72.8 cm³/mol. The van der Waals surface area contributed by atoms with Crippen LogP contribution < -0.4 is 5.32 Å². The van der Waals surface area contributed by atoms with Crippen LogP contribution in [0.3, 0.4) is 0 Å². The van der Waals surface area contributed by atoms with Gasteiger partial charge in [-0.25, -0.2) is 4.98 Å². The predicted octanol–water partition coefficient (Wildman–Crippen LogP) is 2.53. The first-order valence-electron chi connectivity index (χ1n) is 6.81. The van der Waals surface area contributed by atoms with Crippen molar-refractivity contribution >= 4 is 11.7 Å². The second kappa shape index (κ2) is 6.38. The Morgan fingerprint density at radius 3 is 2.83 bits per heavy atom. The zero-order valence-electron chi connectivity index (χ0n) is 11.0. The van der Waals surface area contributed by atoms with Crippen LogP contribution in [0.4, 0.5) is 5.82 Å². The summed E-state index contributed by atoms with van der Waals surface area (Å²) in [7, 11) is 0. The van der Waals surface area contributed by atoms with E-state index in [9.17, 15) is 4.79 Å². The maximum absolute atomic E-state index is 12.3. The SMILES string of the molecule is CCCNc1cccc(C(=O)N2CCCCC2)n1. The highest BCUT2D eigenvalue weighted by Crippen LogP contribution is 2.13. The number of piperidine rings is 1. The van der Waals surface area contributed by atoms with Crippen LogP contribution in [0, 0.1) is 0 Å². The molecule has 0 aromatic carbocycles. The Bertz CT molecular complexity index is 400. The van der Waals surface area contributed by atoms with Gasteiger partial charge in [0, 0.05) is 19.6 Å². The van der Waals surface area contributed by atoms with Crippen LogP contribution >= 0.6 is 0 Å². The summed E-state index contributed by atoms with van der Waals surface area (Å²) in [6, 6.07) is 5.60. The van der Waals surface area contributed by atoms with E-state index in [1.165, 1.54) is 6.42 Å². The summed E-state index contributed by atoms with van der Waals surface area (Å²) < 4.78 is 0. The van der Waals surface area contributed by atoms with Gasteiger partial charge in [-0.2, -0.15) is 0 Å². The minimum atomic E-state index is 0.0647. The maximum Gasteiger partial charge on any atom is 0.272 e. The fourth-order valence-electron chi connectivity index (χ4n) is 2.16. The van der Waals surface area contributed by atoms with E-state index in [1.807, 2.05) is 17.0 Å². The second-order valence-electron chi connectivity index (χ2n) is 4.69. The fourth-order valence-corrected chi connectivity index (χ4v) is 2.16. The molecule has 0 atom stereocenters. The molecule has 1 fully saturated rings. The number of amides is 1. The van der Waals surface area contributed by atoms with Crippen molar-refractivity contribution in [3.63, 3.8) is 0 Å². The molecule has 0 unspecified atom stereocenters. The molecule has 4 heteroatoms. The summed E-state index contributed by atoms with van der Waals surface area (Å²) >= 11 is 0. The highest BCUT2D eigenvalue weighted by Gasteiger charge is 2.19. The zero-order chi connectivity index (χ0) is 12.8. The molecule has 0 radical (unpaired) electrons. The van der Waals surface area contributed by atoms with Crippen LogP contribution in [-0.4, -0.2) is 35.4 Å². The molecule has 1 N–H and O–H groups in total. The molecule has 2 heterocycles. The van der Waals surface area contributed by atoms with E-state index in [4.69, 9.17) is 0 Å². The number of carbonyl (C=O) groups is 1. The van der Waals surface area contributed by atoms with Crippen molar-refractivity contribution in [3.05, 3.63) is 23.9 Å². The maximum atomic E-state index is 12.3. The van der Waals surface area contributed by atoms with Crippen LogP contribution in [0.25, 0.3) is 0 Å². The van der Waals surface area contributed by atoms with Gasteiger partial charge in [0.05, 0.1) is 0 Å². The van der Waals surface area contributed by atoms with E-state index in [2.05, 4.69) is 17.2 Å². The third kappa shape index (κ3) is 3.22. The Hall–Kier alpha value is -1.58. The number of nitrogens with one attached hydrogen (secondary N) is 1. The Morgan fingerprint density at radius 2 is 2.11 bits per heavy atom. The number of carbonyl (C=O) groups excluding carboxylic acids is 1. The van der Waals surface area contributed by atoms with Crippen LogP contribution in [0.5, 0.6) is 0 Å². The molecule has 1 aliphatic heterocycles. The van der Waals surface area contributed by atoms with Crippen molar-refractivity contribution in [1.29, 1.82) is 0 Å². The minimum absolute atomic E-state index is 0.0647. The molecule has 0 bridgehead atoms. The lowest BCUT2D eigenvalue weighted by Gasteiger charge is -2.26. The lowest BCUT2D eigenvalue weighted by molar-refractivity contribution is 0.0718. The van der Waals surface area contributed by atoms with Crippen LogP contribution in [-0.2, 0) is 0 Å². The number of rotatable bonds is 4. The van der Waals surface area contributed by atoms with Gasteiger partial charge < -0.3 is 10.2 Å². The number of nitrogens with zero attached hydrogens (tertiary/aromatic N) is 2. The molecule has 0 spiro atoms. The Labute approximate surface area is 108 Å². The first-order valence-corrected chi connectivity index (χ1v) is 6.81. The number of anilines is 1. The second-order valence-corrected chi connectivity index (χ2v) is 4.69. The molecule has 0 saturated carbocycles. The number of hydrogen-bond donors (Lipinski definition) is 1. The molecule has 2 rings (SSSR count). The lowest BCUT2D eigenvalue weighted by atomic mass is 10.1. The third-order valence-corrected chi connectivity index (χ3v) is 3.17. The van der Waals surface area contributed by atoms with Gasteiger partial charge in [-0.05, 0) is 37.8 Å². The molecule has 1 aromatic rings. The number of pyridine rings is 1. The van der Waals surface area contributed by atoms with Gasteiger partial charge in [0.2, 0.25) is 0 Å². The Morgan fingerprint density at radius 1 is 1.33 bits per heavy atom. The lowest BCUT2D eigenvalue weighted by Crippen LogP contribution is -2.36. The molecule has 98 valence electrons. The number of likely N-dealkylation sites (tertiary alicyclic amines) is 1. The van der Waals surface area contributed by atoms with Crippen molar-refractivity contribution in [2.24, 2.45) is 0 Å². The van der Waals surface area contributed by atoms with Gasteiger partial charge in [-0.15, -0.1) is 0 Å². The zero-order valence-corrected chi connectivity index (χ0v) is 11.0. The smallest absolute Gasteiger partial charge is 0.272 e. The quantitative estimate of drug-likeness (QED) is 0.889. The molecule has 18 heavy (non-hydrogen) atoms. The van der Waals surface area contributed by atoms with Gasteiger partial charge in [0.25, 0.3) is 5.91 Å². The molecule has 0 aliphatic carbocycles. The summed E-state index contributed by atoms with van der Waals surface area (Å²) in [4.78, 5) is 18.6. The molecule has 1 aliphatic rings. The van der Waals surface area contributed by atoms with Gasteiger partial charge in [-0.1, -0.05) is 13.0 Å². The fraction of sp³-hybridized carbons (Fsp3) is 0.571. The van der Waals surface area contributed by atoms with E-state index in [0.29, 0.717) is 5.69 Å². The summed E-state index contributed by atoms with van der Waals surface area (Å²) in [5.74, 6) is 0.856. The topological polar surface area (TPSA) is 45.2 Å². The molecule has 4 nitrogen and oxygen atoms in total.